The second kappa shape index (κ2) is 10.3. The van der Waals surface area contributed by atoms with Crippen molar-refractivity contribution in [3.8, 4) is 0 Å². The van der Waals surface area contributed by atoms with Crippen LogP contribution in [-0.2, 0) is 11.3 Å². The molecular weight excluding hydrogens is 395 g/mol. The lowest BCUT2D eigenvalue weighted by Gasteiger charge is -2.22. The van der Waals surface area contributed by atoms with Crippen molar-refractivity contribution in [2.45, 2.75) is 13.5 Å². The predicted molar refractivity (Wildman–Crippen MR) is 99.5 cm³/mol. The molecule has 0 radical (unpaired) electrons. The second-order valence-electron chi connectivity index (χ2n) is 4.96. The third kappa shape index (κ3) is 6.50. The first-order valence-corrected chi connectivity index (χ1v) is 6.79. The van der Waals surface area contributed by atoms with Gasteiger partial charge >= 0.3 is 0 Å². The summed E-state index contributed by atoms with van der Waals surface area (Å²) in [5.74, 6) is 1.50. The van der Waals surface area contributed by atoms with Crippen molar-refractivity contribution in [3.05, 3.63) is 36.3 Å². The summed E-state index contributed by atoms with van der Waals surface area (Å²) in [7, 11) is 5.35. The number of aliphatic imine (C=N–C) groups is 1. The quantitative estimate of drug-likeness (QED) is 0.330. The molecular formula is C15H25IN4O2. The van der Waals surface area contributed by atoms with Gasteiger partial charge in [-0.25, -0.2) is 4.99 Å². The first-order valence-electron chi connectivity index (χ1n) is 6.79. The zero-order valence-electron chi connectivity index (χ0n) is 13.6. The highest BCUT2D eigenvalue weighted by Gasteiger charge is 2.11. The molecule has 7 heteroatoms. The van der Waals surface area contributed by atoms with E-state index in [4.69, 9.17) is 4.42 Å². The van der Waals surface area contributed by atoms with Crippen LogP contribution in [0.4, 0.5) is 0 Å². The molecule has 0 bridgehead atoms. The van der Waals surface area contributed by atoms with Gasteiger partial charge in [0.2, 0.25) is 5.91 Å². The Morgan fingerprint density at radius 2 is 2.14 bits per heavy atom. The number of nitrogens with one attached hydrogen (secondary N) is 1. The summed E-state index contributed by atoms with van der Waals surface area (Å²) in [5.41, 5.74) is 1.09. The first kappa shape index (κ1) is 20.5. The van der Waals surface area contributed by atoms with Crippen LogP contribution in [0.25, 0.3) is 0 Å². The number of hydrogen-bond acceptors (Lipinski definition) is 3. The van der Waals surface area contributed by atoms with E-state index in [9.17, 15) is 4.79 Å². The summed E-state index contributed by atoms with van der Waals surface area (Å²) in [6.07, 6.45) is 3.42. The zero-order chi connectivity index (χ0) is 15.8. The Kier molecular flexibility index (Phi) is 9.55. The number of guanidine groups is 1. The van der Waals surface area contributed by atoms with Gasteiger partial charge in [0.1, 0.15) is 12.3 Å². The van der Waals surface area contributed by atoms with Crippen molar-refractivity contribution in [2.75, 3.05) is 34.2 Å². The zero-order valence-corrected chi connectivity index (χ0v) is 16.0. The third-order valence-corrected chi connectivity index (χ3v) is 3.00. The minimum absolute atomic E-state index is 0. The van der Waals surface area contributed by atoms with E-state index in [0.717, 1.165) is 11.3 Å². The van der Waals surface area contributed by atoms with Gasteiger partial charge in [-0.05, 0) is 13.0 Å². The van der Waals surface area contributed by atoms with E-state index in [1.165, 1.54) is 4.90 Å². The predicted octanol–water partition coefficient (Wildman–Crippen LogP) is 1.86. The van der Waals surface area contributed by atoms with Gasteiger partial charge < -0.3 is 19.5 Å². The van der Waals surface area contributed by atoms with Crippen LogP contribution in [-0.4, -0.2) is 55.9 Å². The van der Waals surface area contributed by atoms with E-state index < -0.39 is 0 Å². The summed E-state index contributed by atoms with van der Waals surface area (Å²) in [4.78, 5) is 19.5. The Balaban J connectivity index is 0.00000441. The lowest BCUT2D eigenvalue weighted by Crippen LogP contribution is -2.39. The number of halogens is 1. The third-order valence-electron chi connectivity index (χ3n) is 3.00. The van der Waals surface area contributed by atoms with Crippen LogP contribution in [0.2, 0.25) is 0 Å². The number of rotatable bonds is 6. The number of likely N-dealkylation sites (N-methyl/N-ethyl adjacent to an activating group) is 1. The summed E-state index contributed by atoms with van der Waals surface area (Å²) >= 11 is 0. The molecule has 1 N–H and O–H groups in total. The van der Waals surface area contributed by atoms with Crippen molar-refractivity contribution >= 4 is 35.8 Å². The number of amides is 1. The molecule has 0 atom stereocenters. The van der Waals surface area contributed by atoms with Crippen LogP contribution in [0.15, 0.2) is 34.4 Å². The molecule has 0 spiro atoms. The number of carbonyl (C=O) groups is 1. The van der Waals surface area contributed by atoms with Gasteiger partial charge in [-0.2, -0.15) is 0 Å². The van der Waals surface area contributed by atoms with E-state index in [-0.39, 0.29) is 36.4 Å². The lowest BCUT2D eigenvalue weighted by atomic mass is 10.2. The Hall–Kier alpha value is -1.51. The van der Waals surface area contributed by atoms with Gasteiger partial charge in [0.15, 0.2) is 5.96 Å². The molecule has 1 amide bonds. The number of aryl methyl sites for hydroxylation is 1. The summed E-state index contributed by atoms with van der Waals surface area (Å²) < 4.78 is 5.29. The Morgan fingerprint density at radius 3 is 2.64 bits per heavy atom. The molecule has 1 heterocycles. The molecule has 0 unspecified atom stereocenters. The van der Waals surface area contributed by atoms with Gasteiger partial charge in [-0.1, -0.05) is 6.08 Å². The molecule has 124 valence electrons. The average Bonchev–Trinajstić information content (AvgIpc) is 2.83. The number of carbonyl (C=O) groups excluding carboxylic acids is 1. The van der Waals surface area contributed by atoms with Gasteiger partial charge in [-0.3, -0.25) is 4.79 Å². The molecule has 0 fully saturated rings. The molecule has 0 saturated carbocycles. The maximum absolute atomic E-state index is 11.7. The van der Waals surface area contributed by atoms with Crippen LogP contribution in [0.1, 0.15) is 11.3 Å². The Labute approximate surface area is 149 Å². The molecule has 0 aromatic carbocycles. The lowest BCUT2D eigenvalue weighted by molar-refractivity contribution is -0.127. The molecule has 0 aliphatic heterocycles. The highest BCUT2D eigenvalue weighted by Crippen LogP contribution is 2.11. The maximum atomic E-state index is 11.7. The van der Waals surface area contributed by atoms with E-state index in [2.05, 4.69) is 16.9 Å². The van der Waals surface area contributed by atoms with Gasteiger partial charge in [0.05, 0.1) is 6.26 Å². The number of furan rings is 1. The largest absolute Gasteiger partial charge is 0.469 e. The average molecular weight is 420 g/mol. The van der Waals surface area contributed by atoms with Gasteiger partial charge in [0, 0.05) is 39.8 Å². The minimum atomic E-state index is -0.0409. The highest BCUT2D eigenvalue weighted by atomic mass is 127. The van der Waals surface area contributed by atoms with Crippen LogP contribution in [0.3, 0.4) is 0 Å². The fourth-order valence-electron chi connectivity index (χ4n) is 1.66. The molecule has 0 saturated heterocycles. The fraction of sp³-hybridized carbons (Fsp3) is 0.467. The fourth-order valence-corrected chi connectivity index (χ4v) is 1.66. The SMILES string of the molecule is C=CCNC(=NCC(=O)N(C)C)N(C)Cc1ccoc1C.I. The van der Waals surface area contributed by atoms with Crippen molar-refractivity contribution in [1.29, 1.82) is 0 Å². The number of nitrogens with zero attached hydrogens (tertiary/aromatic N) is 3. The monoisotopic (exact) mass is 420 g/mol. The molecule has 22 heavy (non-hydrogen) atoms. The summed E-state index contributed by atoms with van der Waals surface area (Å²) in [5, 5.41) is 3.15. The molecule has 1 aromatic rings. The molecule has 6 nitrogen and oxygen atoms in total. The normalized spacial score (nSPS) is 10.6. The van der Waals surface area contributed by atoms with Crippen LogP contribution >= 0.6 is 24.0 Å². The Bertz CT molecular complexity index is 511. The van der Waals surface area contributed by atoms with Crippen LogP contribution in [0, 0.1) is 6.92 Å². The van der Waals surface area contributed by atoms with Crippen LogP contribution in [0.5, 0.6) is 0 Å². The van der Waals surface area contributed by atoms with Gasteiger partial charge in [-0.15, -0.1) is 30.6 Å². The summed E-state index contributed by atoms with van der Waals surface area (Å²) in [6, 6.07) is 1.93. The highest BCUT2D eigenvalue weighted by molar-refractivity contribution is 14.0. The maximum Gasteiger partial charge on any atom is 0.243 e. The van der Waals surface area contributed by atoms with E-state index in [1.54, 1.807) is 26.4 Å². The second-order valence-corrected chi connectivity index (χ2v) is 4.96. The smallest absolute Gasteiger partial charge is 0.243 e. The summed E-state index contributed by atoms with van der Waals surface area (Å²) in [6.45, 7) is 6.96. The van der Waals surface area contributed by atoms with Crippen molar-refractivity contribution in [3.63, 3.8) is 0 Å². The number of hydrogen-bond donors (Lipinski definition) is 1. The standard InChI is InChI=1S/C15H24N4O2.HI/c1-6-8-16-15(17-10-14(20)18(3)4)19(5)11-13-7-9-21-12(13)2;/h6-7,9H,1,8,10-11H2,2-5H3,(H,16,17);1H. The van der Waals surface area contributed by atoms with Gasteiger partial charge in [0.25, 0.3) is 0 Å². The topological polar surface area (TPSA) is 61.1 Å². The molecule has 1 aromatic heterocycles. The molecule has 1 rings (SSSR count). The van der Waals surface area contributed by atoms with Crippen molar-refractivity contribution in [1.82, 2.24) is 15.1 Å². The molecule has 0 aliphatic carbocycles. The molecule has 0 aliphatic rings. The first-order chi connectivity index (χ1) is 9.95. The van der Waals surface area contributed by atoms with Crippen LogP contribution < -0.4 is 5.32 Å². The Morgan fingerprint density at radius 1 is 1.45 bits per heavy atom. The van der Waals surface area contributed by atoms with Crippen molar-refractivity contribution < 1.29 is 9.21 Å². The van der Waals surface area contributed by atoms with Crippen molar-refractivity contribution in [2.24, 2.45) is 4.99 Å². The van der Waals surface area contributed by atoms with E-state index >= 15 is 0 Å². The van der Waals surface area contributed by atoms with E-state index in [1.807, 2.05) is 24.9 Å². The minimum Gasteiger partial charge on any atom is -0.469 e. The van der Waals surface area contributed by atoms with E-state index in [0.29, 0.717) is 19.0 Å².